The second-order valence-electron chi connectivity index (χ2n) is 3.55. The van der Waals surface area contributed by atoms with Gasteiger partial charge in [0.2, 0.25) is 5.88 Å². The summed E-state index contributed by atoms with van der Waals surface area (Å²) in [5.74, 6) is 0.823. The number of anilines is 1. The van der Waals surface area contributed by atoms with Crippen LogP contribution in [0.2, 0.25) is 0 Å². The van der Waals surface area contributed by atoms with Crippen LogP contribution in [0.3, 0.4) is 0 Å². The molecule has 1 atom stereocenters. The van der Waals surface area contributed by atoms with Crippen molar-refractivity contribution in [1.82, 2.24) is 9.97 Å². The van der Waals surface area contributed by atoms with Crippen LogP contribution in [0.5, 0.6) is 5.88 Å². The molecule has 88 valence electrons. The minimum Gasteiger partial charge on any atom is -0.469 e. The van der Waals surface area contributed by atoms with Crippen molar-refractivity contribution >= 4 is 21.7 Å². The molecule has 1 aromatic heterocycles. The third-order valence-corrected chi connectivity index (χ3v) is 3.09. The highest BCUT2D eigenvalue weighted by Crippen LogP contribution is 2.29. The maximum atomic E-state index is 5.73. The van der Waals surface area contributed by atoms with Crippen molar-refractivity contribution in [1.29, 1.82) is 0 Å². The highest BCUT2D eigenvalue weighted by Gasteiger charge is 2.12. The minimum absolute atomic E-state index is 0.0956. The van der Waals surface area contributed by atoms with E-state index >= 15 is 0 Å². The average Bonchev–Trinajstić information content (AvgIpc) is 2.36. The smallest absolute Gasteiger partial charge is 0.233 e. The third-order valence-electron chi connectivity index (χ3n) is 2.34. The van der Waals surface area contributed by atoms with Gasteiger partial charge in [0.25, 0.3) is 0 Å². The van der Waals surface area contributed by atoms with E-state index in [1.54, 1.807) is 0 Å². The molecule has 0 amide bonds. The molecule has 0 fully saturated rings. The maximum Gasteiger partial charge on any atom is 0.233 e. The van der Waals surface area contributed by atoms with Crippen molar-refractivity contribution in [2.75, 3.05) is 5.73 Å². The van der Waals surface area contributed by atoms with Crippen LogP contribution in [-0.2, 0) is 0 Å². The number of ether oxygens (including phenoxy) is 1. The second-order valence-corrected chi connectivity index (χ2v) is 4.34. The lowest BCUT2D eigenvalue weighted by Gasteiger charge is -2.15. The normalized spacial score (nSPS) is 12.1. The van der Waals surface area contributed by atoms with E-state index in [0.29, 0.717) is 16.2 Å². The van der Waals surface area contributed by atoms with Crippen LogP contribution in [0.1, 0.15) is 18.6 Å². The maximum absolute atomic E-state index is 5.73. The lowest BCUT2D eigenvalue weighted by molar-refractivity contribution is 0.215. The Morgan fingerprint density at radius 2 is 1.94 bits per heavy atom. The molecule has 0 aliphatic rings. The van der Waals surface area contributed by atoms with Crippen LogP contribution in [0, 0.1) is 0 Å². The zero-order valence-corrected chi connectivity index (χ0v) is 10.9. The summed E-state index contributed by atoms with van der Waals surface area (Å²) in [6.45, 7) is 1.96. The summed E-state index contributed by atoms with van der Waals surface area (Å²) in [6.07, 6.45) is 1.29. The van der Waals surface area contributed by atoms with Gasteiger partial charge in [0.05, 0.1) is 0 Å². The number of hydrogen-bond donors (Lipinski definition) is 1. The highest BCUT2D eigenvalue weighted by molar-refractivity contribution is 9.10. The molecular formula is C12H12BrN3O. The average molecular weight is 294 g/mol. The standard InChI is InChI=1S/C12H12BrN3O/c1-8(9-5-3-2-4-6-9)17-12-10(13)11(14)15-7-16-12/h2-8H,1H3,(H2,14,15,16). The third kappa shape index (κ3) is 2.74. The van der Waals surface area contributed by atoms with Gasteiger partial charge in [0, 0.05) is 0 Å². The predicted molar refractivity (Wildman–Crippen MR) is 69.6 cm³/mol. The number of halogens is 1. The van der Waals surface area contributed by atoms with Crippen LogP contribution in [0.4, 0.5) is 5.82 Å². The summed E-state index contributed by atoms with van der Waals surface area (Å²) in [5.41, 5.74) is 6.74. The first-order valence-corrected chi connectivity index (χ1v) is 5.95. The Morgan fingerprint density at radius 1 is 1.24 bits per heavy atom. The Bertz CT molecular complexity index is 504. The zero-order valence-electron chi connectivity index (χ0n) is 9.30. The van der Waals surface area contributed by atoms with Gasteiger partial charge in [-0.05, 0) is 28.4 Å². The van der Waals surface area contributed by atoms with Crippen molar-refractivity contribution in [2.45, 2.75) is 13.0 Å². The Morgan fingerprint density at radius 3 is 2.65 bits per heavy atom. The van der Waals surface area contributed by atoms with E-state index in [1.807, 2.05) is 37.3 Å². The molecule has 2 N–H and O–H groups in total. The van der Waals surface area contributed by atoms with E-state index in [0.717, 1.165) is 5.56 Å². The molecule has 1 heterocycles. The van der Waals surface area contributed by atoms with Gasteiger partial charge < -0.3 is 10.5 Å². The lowest BCUT2D eigenvalue weighted by Crippen LogP contribution is -2.06. The van der Waals surface area contributed by atoms with Crippen molar-refractivity contribution in [2.24, 2.45) is 0 Å². The molecule has 0 aliphatic heterocycles. The van der Waals surface area contributed by atoms with E-state index in [1.165, 1.54) is 6.33 Å². The number of rotatable bonds is 3. The van der Waals surface area contributed by atoms with E-state index in [4.69, 9.17) is 10.5 Å². The van der Waals surface area contributed by atoms with Crippen molar-refractivity contribution in [3.05, 3.63) is 46.7 Å². The Labute approximate surface area is 108 Å². The summed E-state index contributed by atoms with van der Waals surface area (Å²) in [6, 6.07) is 9.91. The molecule has 0 aliphatic carbocycles. The van der Waals surface area contributed by atoms with E-state index in [-0.39, 0.29) is 6.10 Å². The minimum atomic E-state index is -0.0956. The van der Waals surface area contributed by atoms with Crippen LogP contribution in [0.25, 0.3) is 0 Å². The van der Waals surface area contributed by atoms with Gasteiger partial charge in [0.1, 0.15) is 22.7 Å². The Kier molecular flexibility index (Phi) is 3.58. The largest absolute Gasteiger partial charge is 0.469 e. The summed E-state index contributed by atoms with van der Waals surface area (Å²) in [5, 5.41) is 0. The molecule has 0 bridgehead atoms. The number of hydrogen-bond acceptors (Lipinski definition) is 4. The van der Waals surface area contributed by atoms with Gasteiger partial charge in [-0.1, -0.05) is 30.3 Å². The zero-order chi connectivity index (χ0) is 12.3. The van der Waals surface area contributed by atoms with Crippen molar-refractivity contribution in [3.63, 3.8) is 0 Å². The van der Waals surface area contributed by atoms with Gasteiger partial charge >= 0.3 is 0 Å². The summed E-state index contributed by atoms with van der Waals surface area (Å²) >= 11 is 3.31. The van der Waals surface area contributed by atoms with Gasteiger partial charge in [0.15, 0.2) is 0 Å². The molecule has 4 nitrogen and oxygen atoms in total. The Balaban J connectivity index is 2.19. The number of nitrogens with zero attached hydrogens (tertiary/aromatic N) is 2. The quantitative estimate of drug-likeness (QED) is 0.945. The molecule has 1 aromatic carbocycles. The molecule has 1 unspecified atom stereocenters. The molecule has 0 radical (unpaired) electrons. The lowest BCUT2D eigenvalue weighted by atomic mass is 10.1. The van der Waals surface area contributed by atoms with E-state index < -0.39 is 0 Å². The summed E-state index contributed by atoms with van der Waals surface area (Å²) in [4.78, 5) is 7.90. The molecule has 17 heavy (non-hydrogen) atoms. The first-order chi connectivity index (χ1) is 8.18. The SMILES string of the molecule is CC(Oc1ncnc(N)c1Br)c1ccccc1. The fraction of sp³-hybridized carbons (Fsp3) is 0.167. The number of nitrogen functional groups attached to an aromatic ring is 1. The first kappa shape index (κ1) is 11.9. The van der Waals surface area contributed by atoms with Gasteiger partial charge in [-0.3, -0.25) is 0 Å². The second kappa shape index (κ2) is 5.14. The van der Waals surface area contributed by atoms with E-state index in [2.05, 4.69) is 25.9 Å². The fourth-order valence-electron chi connectivity index (χ4n) is 1.41. The number of benzene rings is 1. The molecule has 0 spiro atoms. The highest BCUT2D eigenvalue weighted by atomic mass is 79.9. The molecule has 2 rings (SSSR count). The molecular weight excluding hydrogens is 282 g/mol. The molecule has 2 aromatic rings. The number of nitrogens with two attached hydrogens (primary N) is 1. The first-order valence-electron chi connectivity index (χ1n) is 5.16. The summed E-state index contributed by atoms with van der Waals surface area (Å²) < 4.78 is 6.32. The number of aromatic nitrogens is 2. The van der Waals surface area contributed by atoms with Crippen LogP contribution < -0.4 is 10.5 Å². The van der Waals surface area contributed by atoms with Crippen LogP contribution in [0.15, 0.2) is 41.1 Å². The van der Waals surface area contributed by atoms with Crippen molar-refractivity contribution in [3.8, 4) is 5.88 Å². The van der Waals surface area contributed by atoms with Crippen LogP contribution in [-0.4, -0.2) is 9.97 Å². The van der Waals surface area contributed by atoms with Gasteiger partial charge in [-0.15, -0.1) is 0 Å². The fourth-order valence-corrected chi connectivity index (χ4v) is 1.71. The predicted octanol–water partition coefficient (Wildman–Crippen LogP) is 2.96. The molecule has 5 heteroatoms. The van der Waals surface area contributed by atoms with Crippen molar-refractivity contribution < 1.29 is 4.74 Å². The van der Waals surface area contributed by atoms with Gasteiger partial charge in [-0.2, -0.15) is 0 Å². The monoisotopic (exact) mass is 293 g/mol. The van der Waals surface area contributed by atoms with Gasteiger partial charge in [-0.25, -0.2) is 9.97 Å². The topological polar surface area (TPSA) is 61.0 Å². The van der Waals surface area contributed by atoms with Crippen LogP contribution >= 0.6 is 15.9 Å². The van der Waals surface area contributed by atoms with E-state index in [9.17, 15) is 0 Å². The molecule has 0 saturated carbocycles. The Hall–Kier alpha value is -1.62. The molecule has 0 saturated heterocycles. The summed E-state index contributed by atoms with van der Waals surface area (Å²) in [7, 11) is 0.